The van der Waals surface area contributed by atoms with Crippen molar-refractivity contribution in [3.63, 3.8) is 0 Å². The molecule has 0 aromatic heterocycles. The van der Waals surface area contributed by atoms with Gasteiger partial charge in [-0.1, -0.05) is 13.0 Å². The van der Waals surface area contributed by atoms with Crippen molar-refractivity contribution in [1.29, 1.82) is 5.26 Å². The number of halogens is 3. The summed E-state index contributed by atoms with van der Waals surface area (Å²) < 4.78 is 63.3. The molecule has 0 radical (unpaired) electrons. The van der Waals surface area contributed by atoms with Gasteiger partial charge in [0.25, 0.3) is 0 Å². The van der Waals surface area contributed by atoms with Gasteiger partial charge in [0.1, 0.15) is 6.54 Å². The summed E-state index contributed by atoms with van der Waals surface area (Å²) in [7, 11) is -4.12. The maximum absolute atomic E-state index is 12.7. The third-order valence-electron chi connectivity index (χ3n) is 2.73. The van der Waals surface area contributed by atoms with Crippen molar-refractivity contribution in [1.82, 2.24) is 4.31 Å². The number of sulfonamides is 1. The Labute approximate surface area is 115 Å². The Morgan fingerprint density at radius 2 is 1.95 bits per heavy atom. The number of nitriles is 1. The molecule has 0 atom stereocenters. The van der Waals surface area contributed by atoms with Crippen LogP contribution < -0.4 is 0 Å². The van der Waals surface area contributed by atoms with Crippen LogP contribution in [0.5, 0.6) is 0 Å². The molecule has 1 aromatic rings. The van der Waals surface area contributed by atoms with Crippen LogP contribution in [0.25, 0.3) is 0 Å². The topological polar surface area (TPSA) is 61.2 Å². The molecule has 0 fully saturated rings. The molecule has 0 heterocycles. The summed E-state index contributed by atoms with van der Waals surface area (Å²) in [6.07, 6.45) is -4.62. The minimum Gasteiger partial charge on any atom is -0.207 e. The van der Waals surface area contributed by atoms with Gasteiger partial charge in [-0.2, -0.15) is 22.7 Å². The molecule has 8 heteroatoms. The van der Waals surface area contributed by atoms with E-state index >= 15 is 0 Å². The lowest BCUT2D eigenvalue weighted by molar-refractivity contribution is -0.137. The third kappa shape index (κ3) is 3.29. The summed E-state index contributed by atoms with van der Waals surface area (Å²) in [6, 6.07) is 4.22. The van der Waals surface area contributed by atoms with Crippen LogP contribution in [-0.2, 0) is 16.2 Å². The predicted octanol–water partition coefficient (Wildman–Crippen LogP) is 2.55. The van der Waals surface area contributed by atoms with Crippen LogP contribution in [-0.4, -0.2) is 25.8 Å². The molecule has 0 aliphatic carbocycles. The fourth-order valence-electron chi connectivity index (χ4n) is 1.64. The Balaban J connectivity index is 3.42. The fraction of sp³-hybridized carbons (Fsp3) is 0.417. The maximum Gasteiger partial charge on any atom is 0.416 e. The van der Waals surface area contributed by atoms with Gasteiger partial charge in [-0.25, -0.2) is 8.42 Å². The van der Waals surface area contributed by atoms with Crippen LogP contribution >= 0.6 is 0 Å². The second-order valence-corrected chi connectivity index (χ2v) is 5.97. The molecule has 0 aliphatic rings. The van der Waals surface area contributed by atoms with E-state index in [2.05, 4.69) is 0 Å². The molecule has 0 amide bonds. The van der Waals surface area contributed by atoms with Crippen molar-refractivity contribution in [2.45, 2.75) is 24.9 Å². The highest BCUT2D eigenvalue weighted by atomic mass is 32.2. The molecule has 0 saturated carbocycles. The lowest BCUT2D eigenvalue weighted by atomic mass is 10.1. The quantitative estimate of drug-likeness (QED) is 0.803. The van der Waals surface area contributed by atoms with Gasteiger partial charge < -0.3 is 0 Å². The molecule has 0 N–H and O–H groups in total. The zero-order chi connectivity index (χ0) is 15.6. The Morgan fingerprint density at radius 1 is 1.35 bits per heavy atom. The molecule has 1 rings (SSSR count). The largest absolute Gasteiger partial charge is 0.416 e. The van der Waals surface area contributed by atoms with E-state index < -0.39 is 33.2 Å². The van der Waals surface area contributed by atoms with Crippen LogP contribution in [0.15, 0.2) is 23.1 Å². The molecule has 0 bridgehead atoms. The lowest BCUT2D eigenvalue weighted by Gasteiger charge is -2.19. The van der Waals surface area contributed by atoms with Crippen molar-refractivity contribution in [3.05, 3.63) is 29.3 Å². The number of aryl methyl sites for hydroxylation is 1. The van der Waals surface area contributed by atoms with Gasteiger partial charge in [-0.3, -0.25) is 0 Å². The summed E-state index contributed by atoms with van der Waals surface area (Å²) in [5, 5.41) is 8.60. The molecular formula is C12H13F3N2O2S. The second-order valence-electron chi connectivity index (χ2n) is 4.07. The summed E-state index contributed by atoms with van der Waals surface area (Å²) in [5.41, 5.74) is -0.830. The van der Waals surface area contributed by atoms with E-state index in [1.165, 1.54) is 13.8 Å². The average Bonchev–Trinajstić information content (AvgIpc) is 2.34. The van der Waals surface area contributed by atoms with Crippen molar-refractivity contribution in [3.8, 4) is 6.07 Å². The number of hydrogen-bond donors (Lipinski definition) is 0. The Morgan fingerprint density at radius 3 is 2.40 bits per heavy atom. The Kier molecular flexibility index (Phi) is 4.78. The summed E-state index contributed by atoms with van der Waals surface area (Å²) in [4.78, 5) is -0.426. The highest BCUT2D eigenvalue weighted by molar-refractivity contribution is 7.89. The zero-order valence-electron chi connectivity index (χ0n) is 10.9. The van der Waals surface area contributed by atoms with Gasteiger partial charge in [0.15, 0.2) is 0 Å². The fourth-order valence-corrected chi connectivity index (χ4v) is 3.24. The van der Waals surface area contributed by atoms with Crippen molar-refractivity contribution in [2.24, 2.45) is 0 Å². The molecule has 0 saturated heterocycles. The molecule has 1 aromatic carbocycles. The first kappa shape index (κ1) is 16.5. The number of rotatable bonds is 4. The maximum atomic E-state index is 12.7. The monoisotopic (exact) mass is 306 g/mol. The minimum absolute atomic E-state index is 0.00553. The predicted molar refractivity (Wildman–Crippen MR) is 66.2 cm³/mol. The van der Waals surface area contributed by atoms with Crippen LogP contribution in [0.3, 0.4) is 0 Å². The molecule has 0 spiro atoms. The molecular weight excluding hydrogens is 293 g/mol. The zero-order valence-corrected chi connectivity index (χ0v) is 11.7. The van der Waals surface area contributed by atoms with Crippen molar-refractivity contribution in [2.75, 3.05) is 13.1 Å². The molecule has 20 heavy (non-hydrogen) atoms. The highest BCUT2D eigenvalue weighted by Gasteiger charge is 2.33. The first-order chi connectivity index (χ1) is 9.14. The van der Waals surface area contributed by atoms with Gasteiger partial charge >= 0.3 is 6.18 Å². The minimum atomic E-state index is -4.62. The number of benzene rings is 1. The molecule has 110 valence electrons. The van der Waals surface area contributed by atoms with E-state index in [-0.39, 0.29) is 12.1 Å². The third-order valence-corrected chi connectivity index (χ3v) is 4.80. The van der Waals surface area contributed by atoms with E-state index in [0.29, 0.717) is 6.07 Å². The molecule has 0 unspecified atom stereocenters. The van der Waals surface area contributed by atoms with Gasteiger partial charge in [-0.05, 0) is 24.6 Å². The van der Waals surface area contributed by atoms with E-state index in [9.17, 15) is 21.6 Å². The van der Waals surface area contributed by atoms with Crippen molar-refractivity contribution < 1.29 is 21.6 Å². The van der Waals surface area contributed by atoms with Gasteiger partial charge in [0.05, 0.1) is 16.5 Å². The first-order valence-electron chi connectivity index (χ1n) is 5.69. The standard InChI is InChI=1S/C12H13F3N2O2S/c1-3-17(7-6-16)20(18,19)11-8-10(12(13,14)15)5-4-9(11)2/h4-5,8H,3,7H2,1-2H3. The summed E-state index contributed by atoms with van der Waals surface area (Å²) >= 11 is 0. The van der Waals surface area contributed by atoms with E-state index in [4.69, 9.17) is 5.26 Å². The second kappa shape index (κ2) is 5.81. The SMILES string of the molecule is CCN(CC#N)S(=O)(=O)c1cc(C(F)(F)F)ccc1C. The normalized spacial score (nSPS) is 12.4. The summed E-state index contributed by atoms with van der Waals surface area (Å²) in [6.45, 7) is 2.52. The van der Waals surface area contributed by atoms with Crippen LogP contribution in [0.1, 0.15) is 18.1 Å². The highest BCUT2D eigenvalue weighted by Crippen LogP contribution is 2.32. The van der Waals surface area contributed by atoms with Crippen LogP contribution in [0.4, 0.5) is 13.2 Å². The number of nitrogens with zero attached hydrogens (tertiary/aromatic N) is 2. The van der Waals surface area contributed by atoms with E-state index in [1.807, 2.05) is 0 Å². The Bertz CT molecular complexity index is 633. The van der Waals surface area contributed by atoms with E-state index in [0.717, 1.165) is 16.4 Å². The first-order valence-corrected chi connectivity index (χ1v) is 7.13. The average molecular weight is 306 g/mol. The Hall–Kier alpha value is -1.59. The summed E-state index contributed by atoms with van der Waals surface area (Å²) in [5.74, 6) is 0. The van der Waals surface area contributed by atoms with Crippen LogP contribution in [0.2, 0.25) is 0 Å². The van der Waals surface area contributed by atoms with Gasteiger partial charge in [-0.15, -0.1) is 0 Å². The molecule has 4 nitrogen and oxygen atoms in total. The van der Waals surface area contributed by atoms with Crippen molar-refractivity contribution >= 4 is 10.0 Å². The smallest absolute Gasteiger partial charge is 0.207 e. The van der Waals surface area contributed by atoms with E-state index in [1.54, 1.807) is 6.07 Å². The number of hydrogen-bond acceptors (Lipinski definition) is 3. The van der Waals surface area contributed by atoms with Gasteiger partial charge in [0.2, 0.25) is 10.0 Å². The van der Waals surface area contributed by atoms with Crippen LogP contribution in [0, 0.1) is 18.3 Å². The van der Waals surface area contributed by atoms with Gasteiger partial charge in [0, 0.05) is 6.54 Å². The number of alkyl halides is 3. The molecule has 0 aliphatic heterocycles. The lowest BCUT2D eigenvalue weighted by Crippen LogP contribution is -2.32.